The van der Waals surface area contributed by atoms with Crippen molar-refractivity contribution in [2.75, 3.05) is 18.6 Å². The predicted molar refractivity (Wildman–Crippen MR) is 51.3 cm³/mol. The smallest absolute Gasteiger partial charge is 0.342 e. The van der Waals surface area contributed by atoms with Crippen molar-refractivity contribution < 1.29 is 9.53 Å². The maximum absolute atomic E-state index is 11.2. The third-order valence-corrected chi connectivity index (χ3v) is 1.72. The molecule has 0 saturated heterocycles. The number of anilines is 2. The van der Waals surface area contributed by atoms with Gasteiger partial charge in [0.05, 0.1) is 18.7 Å². The Morgan fingerprint density at radius 2 is 1.93 bits per heavy atom. The molecular weight excluding hydrogens is 182 g/mol. The van der Waals surface area contributed by atoms with E-state index in [4.69, 9.17) is 16.7 Å². The van der Waals surface area contributed by atoms with Crippen LogP contribution < -0.4 is 11.5 Å². The molecule has 72 valence electrons. The Morgan fingerprint density at radius 3 is 2.29 bits per heavy atom. The average molecular weight is 191 g/mol. The number of nitrogens with zero attached hydrogens (tertiary/aromatic N) is 1. The van der Waals surface area contributed by atoms with Crippen LogP contribution in [0.3, 0.4) is 0 Å². The monoisotopic (exact) mass is 191 g/mol. The van der Waals surface area contributed by atoms with E-state index >= 15 is 0 Å². The van der Waals surface area contributed by atoms with Crippen LogP contribution in [0, 0.1) is 11.3 Å². The number of ether oxygens (including phenoxy) is 1. The number of rotatable bonds is 1. The summed E-state index contributed by atoms with van der Waals surface area (Å²) >= 11 is 0. The van der Waals surface area contributed by atoms with Gasteiger partial charge in [0.1, 0.15) is 5.56 Å². The van der Waals surface area contributed by atoms with Crippen LogP contribution in [0.1, 0.15) is 15.9 Å². The highest BCUT2D eigenvalue weighted by Gasteiger charge is 2.14. The minimum Gasteiger partial charge on any atom is -0.465 e. The molecule has 0 amide bonds. The summed E-state index contributed by atoms with van der Waals surface area (Å²) in [5, 5.41) is 8.60. The number of hydrogen-bond donors (Lipinski definition) is 2. The lowest BCUT2D eigenvalue weighted by molar-refractivity contribution is 0.0603. The first kappa shape index (κ1) is 9.86. The SMILES string of the molecule is COC(=O)c1c(N)cc(C#N)cc1N. The summed E-state index contributed by atoms with van der Waals surface area (Å²) in [6, 6.07) is 4.64. The first-order chi connectivity index (χ1) is 6.60. The van der Waals surface area contributed by atoms with Gasteiger partial charge in [-0.1, -0.05) is 0 Å². The molecule has 0 aliphatic carbocycles. The highest BCUT2D eigenvalue weighted by molar-refractivity contribution is 6.00. The van der Waals surface area contributed by atoms with Gasteiger partial charge in [0.25, 0.3) is 0 Å². The van der Waals surface area contributed by atoms with E-state index in [0.717, 1.165) is 0 Å². The van der Waals surface area contributed by atoms with E-state index in [2.05, 4.69) is 4.74 Å². The summed E-state index contributed by atoms with van der Waals surface area (Å²) in [7, 11) is 1.24. The van der Waals surface area contributed by atoms with Gasteiger partial charge in [-0.15, -0.1) is 0 Å². The minimum atomic E-state index is -0.607. The van der Waals surface area contributed by atoms with Crippen LogP contribution >= 0.6 is 0 Å². The Hall–Kier alpha value is -2.22. The molecule has 0 aliphatic rings. The van der Waals surface area contributed by atoms with E-state index in [-0.39, 0.29) is 16.9 Å². The molecule has 1 rings (SSSR count). The zero-order chi connectivity index (χ0) is 10.7. The quantitative estimate of drug-likeness (QED) is 0.497. The molecule has 0 saturated carbocycles. The molecule has 0 aromatic heterocycles. The standard InChI is InChI=1S/C9H9N3O2/c1-14-9(13)8-6(11)2-5(4-10)3-7(8)12/h2-3H,11-12H2,1H3. The minimum absolute atomic E-state index is 0.103. The fourth-order valence-electron chi connectivity index (χ4n) is 1.09. The molecule has 14 heavy (non-hydrogen) atoms. The van der Waals surface area contributed by atoms with Crippen molar-refractivity contribution in [3.8, 4) is 6.07 Å². The van der Waals surface area contributed by atoms with Gasteiger partial charge in [0.2, 0.25) is 0 Å². The Balaban J connectivity index is 3.34. The van der Waals surface area contributed by atoms with E-state index in [1.54, 1.807) is 0 Å². The number of nitriles is 1. The molecular formula is C9H9N3O2. The van der Waals surface area contributed by atoms with Crippen LogP contribution in [0.5, 0.6) is 0 Å². The van der Waals surface area contributed by atoms with Crippen LogP contribution in [0.2, 0.25) is 0 Å². The van der Waals surface area contributed by atoms with Crippen molar-refractivity contribution in [3.05, 3.63) is 23.3 Å². The van der Waals surface area contributed by atoms with E-state index < -0.39 is 5.97 Å². The van der Waals surface area contributed by atoms with Crippen LogP contribution in [-0.2, 0) is 4.74 Å². The molecule has 0 aliphatic heterocycles. The Labute approximate surface area is 80.9 Å². The number of carbonyl (C=O) groups is 1. The maximum Gasteiger partial charge on any atom is 0.342 e. The van der Waals surface area contributed by atoms with Crippen molar-refractivity contribution in [1.82, 2.24) is 0 Å². The van der Waals surface area contributed by atoms with Crippen molar-refractivity contribution in [2.45, 2.75) is 0 Å². The fraction of sp³-hybridized carbons (Fsp3) is 0.111. The van der Waals surface area contributed by atoms with Crippen molar-refractivity contribution in [3.63, 3.8) is 0 Å². The van der Waals surface area contributed by atoms with Crippen LogP contribution in [0.25, 0.3) is 0 Å². The zero-order valence-electron chi connectivity index (χ0n) is 7.57. The number of methoxy groups -OCH3 is 1. The molecule has 0 heterocycles. The van der Waals surface area contributed by atoms with Crippen LogP contribution in [0.4, 0.5) is 11.4 Å². The highest BCUT2D eigenvalue weighted by atomic mass is 16.5. The summed E-state index contributed by atoms with van der Waals surface area (Å²) in [6.45, 7) is 0. The van der Waals surface area contributed by atoms with Gasteiger partial charge in [0.15, 0.2) is 0 Å². The molecule has 5 nitrogen and oxygen atoms in total. The van der Waals surface area contributed by atoms with E-state index in [1.807, 2.05) is 6.07 Å². The van der Waals surface area contributed by atoms with Gasteiger partial charge in [0, 0.05) is 11.4 Å². The van der Waals surface area contributed by atoms with Gasteiger partial charge in [-0.3, -0.25) is 0 Å². The van der Waals surface area contributed by atoms with E-state index in [0.29, 0.717) is 5.56 Å². The van der Waals surface area contributed by atoms with E-state index in [1.165, 1.54) is 19.2 Å². The summed E-state index contributed by atoms with van der Waals surface area (Å²) in [6.07, 6.45) is 0. The van der Waals surface area contributed by atoms with Gasteiger partial charge in [-0.2, -0.15) is 5.26 Å². The molecule has 5 heteroatoms. The summed E-state index contributed by atoms with van der Waals surface area (Å²) < 4.78 is 4.49. The normalized spacial score (nSPS) is 9.14. The molecule has 0 bridgehead atoms. The number of benzene rings is 1. The molecule has 0 atom stereocenters. The van der Waals surface area contributed by atoms with Gasteiger partial charge >= 0.3 is 5.97 Å². The van der Waals surface area contributed by atoms with E-state index in [9.17, 15) is 4.79 Å². The Kier molecular flexibility index (Phi) is 2.58. The first-order valence-electron chi connectivity index (χ1n) is 3.77. The fourth-order valence-corrected chi connectivity index (χ4v) is 1.09. The van der Waals surface area contributed by atoms with Gasteiger partial charge < -0.3 is 16.2 Å². The first-order valence-corrected chi connectivity index (χ1v) is 3.77. The largest absolute Gasteiger partial charge is 0.465 e. The summed E-state index contributed by atoms with van der Waals surface area (Å²) in [4.78, 5) is 11.2. The molecule has 0 unspecified atom stereocenters. The predicted octanol–water partition coefficient (Wildman–Crippen LogP) is 0.509. The lowest BCUT2D eigenvalue weighted by atomic mass is 10.1. The Morgan fingerprint density at radius 1 is 1.43 bits per heavy atom. The second-order valence-electron chi connectivity index (χ2n) is 2.63. The lowest BCUT2D eigenvalue weighted by Gasteiger charge is -2.06. The Bertz CT molecular complexity index is 398. The zero-order valence-corrected chi connectivity index (χ0v) is 7.57. The average Bonchev–Trinajstić information content (AvgIpc) is 2.16. The lowest BCUT2D eigenvalue weighted by Crippen LogP contribution is -2.09. The summed E-state index contributed by atoms with van der Waals surface area (Å²) in [5.74, 6) is -0.607. The van der Waals surface area contributed by atoms with Crippen LogP contribution in [0.15, 0.2) is 12.1 Å². The molecule has 4 N–H and O–H groups in total. The number of esters is 1. The number of nitrogens with two attached hydrogens (primary N) is 2. The molecule has 0 fully saturated rings. The second-order valence-corrected chi connectivity index (χ2v) is 2.63. The van der Waals surface area contributed by atoms with Crippen molar-refractivity contribution >= 4 is 17.3 Å². The molecule has 1 aromatic carbocycles. The molecule has 0 radical (unpaired) electrons. The highest BCUT2D eigenvalue weighted by Crippen LogP contribution is 2.22. The van der Waals surface area contributed by atoms with Crippen molar-refractivity contribution in [1.29, 1.82) is 5.26 Å². The third kappa shape index (κ3) is 1.59. The second kappa shape index (κ2) is 3.66. The summed E-state index contributed by atoms with van der Waals surface area (Å²) in [5.41, 5.74) is 11.8. The van der Waals surface area contributed by atoms with Gasteiger partial charge in [-0.05, 0) is 12.1 Å². The number of hydrogen-bond acceptors (Lipinski definition) is 5. The number of nitrogen functional groups attached to an aromatic ring is 2. The maximum atomic E-state index is 11.2. The van der Waals surface area contributed by atoms with Crippen molar-refractivity contribution in [2.24, 2.45) is 0 Å². The van der Waals surface area contributed by atoms with Crippen LogP contribution in [-0.4, -0.2) is 13.1 Å². The molecule has 1 aromatic rings. The number of carbonyl (C=O) groups excluding carboxylic acids is 1. The van der Waals surface area contributed by atoms with Gasteiger partial charge in [-0.25, -0.2) is 4.79 Å². The molecule has 0 spiro atoms. The topological polar surface area (TPSA) is 102 Å². The third-order valence-electron chi connectivity index (χ3n) is 1.72.